The predicted octanol–water partition coefficient (Wildman–Crippen LogP) is 5.37. The summed E-state index contributed by atoms with van der Waals surface area (Å²) in [6.45, 7) is 4.91. The SMILES string of the molecule is Cc1cc(C(=O)CSc2nnc(-c3ccccc3)o2)c(C)n1CCc1ccccc1. The Labute approximate surface area is 180 Å². The molecule has 0 atom stereocenters. The van der Waals surface area contributed by atoms with Crippen LogP contribution in [-0.4, -0.2) is 26.3 Å². The average molecular weight is 418 g/mol. The van der Waals surface area contributed by atoms with Crippen LogP contribution in [0.4, 0.5) is 0 Å². The van der Waals surface area contributed by atoms with E-state index >= 15 is 0 Å². The van der Waals surface area contributed by atoms with Gasteiger partial charge in [0, 0.05) is 29.1 Å². The van der Waals surface area contributed by atoms with E-state index in [9.17, 15) is 4.79 Å². The van der Waals surface area contributed by atoms with Gasteiger partial charge in [-0.05, 0) is 44.0 Å². The maximum atomic E-state index is 12.8. The van der Waals surface area contributed by atoms with Crippen molar-refractivity contribution in [2.24, 2.45) is 0 Å². The number of carbonyl (C=O) groups excluding carboxylic acids is 1. The lowest BCUT2D eigenvalue weighted by Crippen LogP contribution is -2.08. The molecule has 0 amide bonds. The highest BCUT2D eigenvalue weighted by molar-refractivity contribution is 7.99. The van der Waals surface area contributed by atoms with Crippen molar-refractivity contribution in [2.75, 3.05) is 5.75 Å². The van der Waals surface area contributed by atoms with Crippen LogP contribution in [0, 0.1) is 13.8 Å². The Morgan fingerprint density at radius 3 is 2.43 bits per heavy atom. The molecule has 152 valence electrons. The molecular formula is C24H23N3O2S. The molecule has 30 heavy (non-hydrogen) atoms. The Morgan fingerprint density at radius 2 is 1.70 bits per heavy atom. The fraction of sp³-hybridized carbons (Fsp3) is 0.208. The summed E-state index contributed by atoms with van der Waals surface area (Å²) in [6.07, 6.45) is 0.934. The monoisotopic (exact) mass is 417 g/mol. The van der Waals surface area contributed by atoms with Gasteiger partial charge in [0.1, 0.15) is 0 Å². The second-order valence-electron chi connectivity index (χ2n) is 7.12. The van der Waals surface area contributed by atoms with Crippen molar-refractivity contribution < 1.29 is 9.21 Å². The normalized spacial score (nSPS) is 11.0. The molecule has 2 aromatic heterocycles. The number of Topliss-reactive ketones (excluding diaryl/α,β-unsaturated/α-hetero) is 1. The minimum atomic E-state index is 0.0681. The Kier molecular flexibility index (Phi) is 6.14. The van der Waals surface area contributed by atoms with Gasteiger partial charge < -0.3 is 8.98 Å². The summed E-state index contributed by atoms with van der Waals surface area (Å²) in [4.78, 5) is 12.8. The zero-order valence-corrected chi connectivity index (χ0v) is 17.9. The molecule has 6 heteroatoms. The molecule has 4 rings (SSSR count). The molecule has 0 radical (unpaired) electrons. The first-order valence-corrected chi connectivity index (χ1v) is 10.9. The van der Waals surface area contributed by atoms with Crippen molar-refractivity contribution >= 4 is 17.5 Å². The number of thioether (sulfide) groups is 1. The van der Waals surface area contributed by atoms with E-state index < -0.39 is 0 Å². The zero-order chi connectivity index (χ0) is 20.9. The number of benzene rings is 2. The summed E-state index contributed by atoms with van der Waals surface area (Å²) in [5, 5.41) is 8.53. The number of nitrogens with zero attached hydrogens (tertiary/aromatic N) is 3. The van der Waals surface area contributed by atoms with Crippen LogP contribution in [0.1, 0.15) is 27.3 Å². The van der Waals surface area contributed by atoms with Crippen LogP contribution in [0.5, 0.6) is 0 Å². The fourth-order valence-corrected chi connectivity index (χ4v) is 4.13. The van der Waals surface area contributed by atoms with Gasteiger partial charge >= 0.3 is 0 Å². The smallest absolute Gasteiger partial charge is 0.277 e. The Bertz CT molecular complexity index is 1130. The van der Waals surface area contributed by atoms with Crippen LogP contribution in [0.3, 0.4) is 0 Å². The minimum absolute atomic E-state index is 0.0681. The van der Waals surface area contributed by atoms with Crippen molar-refractivity contribution in [1.29, 1.82) is 0 Å². The van der Waals surface area contributed by atoms with Gasteiger partial charge in [0.15, 0.2) is 5.78 Å². The summed E-state index contributed by atoms with van der Waals surface area (Å²) in [7, 11) is 0. The molecule has 2 heterocycles. The van der Waals surface area contributed by atoms with Crippen molar-refractivity contribution in [3.8, 4) is 11.5 Å². The van der Waals surface area contributed by atoms with Crippen molar-refractivity contribution in [3.63, 3.8) is 0 Å². The van der Waals surface area contributed by atoms with Crippen LogP contribution in [0.2, 0.25) is 0 Å². The standard InChI is InChI=1S/C24H23N3O2S/c1-17-15-21(18(2)27(17)14-13-19-9-5-3-6-10-19)22(28)16-30-24-26-25-23(29-24)20-11-7-4-8-12-20/h3-12,15H,13-14,16H2,1-2H3. The lowest BCUT2D eigenvalue weighted by molar-refractivity contribution is 0.102. The highest BCUT2D eigenvalue weighted by Crippen LogP contribution is 2.25. The number of aromatic nitrogens is 3. The van der Waals surface area contributed by atoms with Crippen LogP contribution in [-0.2, 0) is 13.0 Å². The number of aryl methyl sites for hydroxylation is 2. The number of ketones is 1. The molecule has 0 saturated carbocycles. The molecule has 0 bridgehead atoms. The summed E-state index contributed by atoms with van der Waals surface area (Å²) in [6, 6.07) is 22.0. The van der Waals surface area contributed by atoms with Crippen LogP contribution < -0.4 is 0 Å². The molecule has 0 unspecified atom stereocenters. The Morgan fingerprint density at radius 1 is 1.00 bits per heavy atom. The third-order valence-electron chi connectivity index (χ3n) is 5.09. The van der Waals surface area contributed by atoms with Crippen molar-refractivity contribution in [3.05, 3.63) is 89.2 Å². The van der Waals surface area contributed by atoms with Gasteiger partial charge in [-0.1, -0.05) is 60.3 Å². The lowest BCUT2D eigenvalue weighted by atomic mass is 10.1. The fourth-order valence-electron chi connectivity index (χ4n) is 3.48. The first kappa shape index (κ1) is 20.2. The topological polar surface area (TPSA) is 60.9 Å². The molecule has 0 spiro atoms. The van der Waals surface area contributed by atoms with Gasteiger partial charge in [-0.15, -0.1) is 10.2 Å². The largest absolute Gasteiger partial charge is 0.411 e. The lowest BCUT2D eigenvalue weighted by Gasteiger charge is -2.10. The predicted molar refractivity (Wildman–Crippen MR) is 119 cm³/mol. The highest BCUT2D eigenvalue weighted by atomic mass is 32.2. The molecule has 0 aliphatic carbocycles. The number of hydrogen-bond acceptors (Lipinski definition) is 5. The van der Waals surface area contributed by atoms with Gasteiger partial charge in [0.2, 0.25) is 5.89 Å². The van der Waals surface area contributed by atoms with Gasteiger partial charge in [-0.3, -0.25) is 4.79 Å². The molecule has 0 aliphatic rings. The molecular weight excluding hydrogens is 394 g/mol. The number of carbonyl (C=O) groups is 1. The van der Waals surface area contributed by atoms with E-state index in [1.165, 1.54) is 17.3 Å². The summed E-state index contributed by atoms with van der Waals surface area (Å²) >= 11 is 1.27. The summed E-state index contributed by atoms with van der Waals surface area (Å²) in [5.41, 5.74) is 5.02. The second-order valence-corrected chi connectivity index (χ2v) is 8.05. The van der Waals surface area contributed by atoms with E-state index in [1.807, 2.05) is 56.3 Å². The van der Waals surface area contributed by atoms with Gasteiger partial charge in [0.05, 0.1) is 5.75 Å². The maximum absolute atomic E-state index is 12.8. The first-order chi connectivity index (χ1) is 14.6. The zero-order valence-electron chi connectivity index (χ0n) is 17.0. The van der Waals surface area contributed by atoms with E-state index in [0.717, 1.165) is 35.5 Å². The summed E-state index contributed by atoms with van der Waals surface area (Å²) < 4.78 is 7.90. The van der Waals surface area contributed by atoms with Crippen molar-refractivity contribution in [2.45, 2.75) is 32.0 Å². The van der Waals surface area contributed by atoms with E-state index in [1.54, 1.807) is 0 Å². The highest BCUT2D eigenvalue weighted by Gasteiger charge is 2.17. The number of rotatable bonds is 8. The Balaban J connectivity index is 1.40. The maximum Gasteiger partial charge on any atom is 0.277 e. The van der Waals surface area contributed by atoms with Crippen LogP contribution >= 0.6 is 11.8 Å². The van der Waals surface area contributed by atoms with E-state index in [0.29, 0.717) is 11.1 Å². The van der Waals surface area contributed by atoms with Crippen LogP contribution in [0.25, 0.3) is 11.5 Å². The van der Waals surface area contributed by atoms with E-state index in [2.05, 4.69) is 39.0 Å². The third kappa shape index (κ3) is 4.54. The average Bonchev–Trinajstić information content (AvgIpc) is 3.36. The second kappa shape index (κ2) is 9.13. The summed E-state index contributed by atoms with van der Waals surface area (Å²) in [5.74, 6) is 0.794. The minimum Gasteiger partial charge on any atom is -0.411 e. The van der Waals surface area contributed by atoms with Gasteiger partial charge in [-0.2, -0.15) is 0 Å². The van der Waals surface area contributed by atoms with E-state index in [4.69, 9.17) is 4.42 Å². The quantitative estimate of drug-likeness (QED) is 0.285. The molecule has 2 aromatic carbocycles. The first-order valence-electron chi connectivity index (χ1n) is 9.87. The van der Waals surface area contributed by atoms with E-state index in [-0.39, 0.29) is 11.5 Å². The Hall–Kier alpha value is -3.12. The third-order valence-corrected chi connectivity index (χ3v) is 5.91. The molecule has 4 aromatic rings. The number of hydrogen-bond donors (Lipinski definition) is 0. The molecule has 0 fully saturated rings. The van der Waals surface area contributed by atoms with Crippen LogP contribution in [0.15, 0.2) is 76.4 Å². The molecule has 0 aliphatic heterocycles. The molecule has 5 nitrogen and oxygen atoms in total. The van der Waals surface area contributed by atoms with Gasteiger partial charge in [0.25, 0.3) is 5.22 Å². The van der Waals surface area contributed by atoms with Crippen molar-refractivity contribution in [1.82, 2.24) is 14.8 Å². The molecule has 0 N–H and O–H groups in total. The molecule has 0 saturated heterocycles. The van der Waals surface area contributed by atoms with Gasteiger partial charge in [-0.25, -0.2) is 0 Å².